The molecular weight excluding hydrogens is 416 g/mol. The third-order valence-corrected chi connectivity index (χ3v) is 7.11. The predicted molar refractivity (Wildman–Crippen MR) is 119 cm³/mol. The fraction of sp³-hybridized carbons (Fsp3) is 0.273. The van der Waals surface area contributed by atoms with Gasteiger partial charge in [0, 0.05) is 42.8 Å². The normalized spacial score (nSPS) is 14.8. The predicted octanol–water partition coefficient (Wildman–Crippen LogP) is 1.92. The van der Waals surface area contributed by atoms with Crippen molar-refractivity contribution in [2.75, 3.05) is 38.1 Å². The first-order chi connectivity index (χ1) is 14.8. The molecule has 8 nitrogen and oxygen atoms in total. The maximum atomic E-state index is 13.0. The molecule has 0 saturated carbocycles. The zero-order valence-corrected chi connectivity index (χ0v) is 18.2. The molecule has 0 bridgehead atoms. The maximum Gasteiger partial charge on any atom is 0.295 e. The minimum Gasteiger partial charge on any atom is -0.367 e. The van der Waals surface area contributed by atoms with Gasteiger partial charge in [-0.1, -0.05) is 30.3 Å². The van der Waals surface area contributed by atoms with E-state index in [4.69, 9.17) is 0 Å². The van der Waals surface area contributed by atoms with Gasteiger partial charge in [0.05, 0.1) is 11.3 Å². The molecular formula is C22H24N4O4S. The lowest BCUT2D eigenvalue weighted by Gasteiger charge is -2.36. The van der Waals surface area contributed by atoms with Gasteiger partial charge in [0.1, 0.15) is 4.90 Å². The molecule has 0 atom stereocenters. The second kappa shape index (κ2) is 8.16. The first kappa shape index (κ1) is 21.1. The standard InChI is InChI=1S/C22H24N4O4S/c1-15-20(16-7-3-4-8-17(16)24-15)21(27)22(28)26-13-11-25(12-14-26)18-9-5-6-10-19(18)31(29,30)23-2/h3-10,23-24H,11-14H2,1-2H3. The van der Waals surface area contributed by atoms with Crippen LogP contribution in [0.2, 0.25) is 0 Å². The van der Waals surface area contributed by atoms with E-state index in [0.29, 0.717) is 43.1 Å². The van der Waals surface area contributed by atoms with E-state index < -0.39 is 21.7 Å². The van der Waals surface area contributed by atoms with Crippen LogP contribution in [0.15, 0.2) is 53.4 Å². The van der Waals surface area contributed by atoms with Gasteiger partial charge in [-0.15, -0.1) is 0 Å². The number of benzene rings is 2. The molecule has 0 radical (unpaired) electrons. The van der Waals surface area contributed by atoms with Crippen molar-refractivity contribution >= 4 is 38.3 Å². The number of H-pyrrole nitrogens is 1. The number of fused-ring (bicyclic) bond motifs is 1. The monoisotopic (exact) mass is 440 g/mol. The smallest absolute Gasteiger partial charge is 0.295 e. The van der Waals surface area contributed by atoms with Gasteiger partial charge in [0.2, 0.25) is 10.0 Å². The molecule has 2 heterocycles. The summed E-state index contributed by atoms with van der Waals surface area (Å²) in [4.78, 5) is 32.8. The van der Waals surface area contributed by atoms with Crippen molar-refractivity contribution in [3.8, 4) is 0 Å². The van der Waals surface area contributed by atoms with Crippen LogP contribution in [0.4, 0.5) is 5.69 Å². The molecule has 4 rings (SSSR count). The molecule has 1 aromatic heterocycles. The highest BCUT2D eigenvalue weighted by Crippen LogP contribution is 2.27. The van der Waals surface area contributed by atoms with Gasteiger partial charge in [-0.3, -0.25) is 9.59 Å². The van der Waals surface area contributed by atoms with E-state index >= 15 is 0 Å². The number of hydrogen-bond acceptors (Lipinski definition) is 5. The number of piperazine rings is 1. The van der Waals surface area contributed by atoms with E-state index in [1.807, 2.05) is 29.2 Å². The lowest BCUT2D eigenvalue weighted by Crippen LogP contribution is -2.51. The first-order valence-electron chi connectivity index (χ1n) is 10.0. The Morgan fingerprint density at radius 3 is 2.32 bits per heavy atom. The number of ketones is 1. The van der Waals surface area contributed by atoms with E-state index in [1.54, 1.807) is 31.2 Å². The molecule has 9 heteroatoms. The van der Waals surface area contributed by atoms with E-state index in [-0.39, 0.29) is 4.90 Å². The van der Waals surface area contributed by atoms with E-state index in [1.165, 1.54) is 11.9 Å². The van der Waals surface area contributed by atoms with Crippen LogP contribution in [0, 0.1) is 6.92 Å². The molecule has 2 aromatic carbocycles. The van der Waals surface area contributed by atoms with E-state index in [2.05, 4.69) is 9.71 Å². The van der Waals surface area contributed by atoms with Crippen LogP contribution in [0.25, 0.3) is 10.9 Å². The zero-order valence-electron chi connectivity index (χ0n) is 17.4. The number of hydrogen-bond donors (Lipinski definition) is 2. The van der Waals surface area contributed by atoms with Crippen molar-refractivity contribution in [2.45, 2.75) is 11.8 Å². The molecule has 0 spiro atoms. The van der Waals surface area contributed by atoms with Gasteiger partial charge in [0.25, 0.3) is 11.7 Å². The van der Waals surface area contributed by atoms with Crippen LogP contribution in [-0.2, 0) is 14.8 Å². The zero-order chi connectivity index (χ0) is 22.2. The lowest BCUT2D eigenvalue weighted by atomic mass is 10.1. The molecule has 1 amide bonds. The number of rotatable bonds is 5. The number of aromatic amines is 1. The Morgan fingerprint density at radius 1 is 0.968 bits per heavy atom. The number of Topliss-reactive ketones (excluding diaryl/α,β-unsaturated/α-hetero) is 1. The van der Waals surface area contributed by atoms with Crippen molar-refractivity contribution in [2.24, 2.45) is 0 Å². The highest BCUT2D eigenvalue weighted by Gasteiger charge is 2.31. The van der Waals surface area contributed by atoms with Gasteiger partial charge in [-0.25, -0.2) is 13.1 Å². The molecule has 0 unspecified atom stereocenters. The minimum atomic E-state index is -3.61. The molecule has 31 heavy (non-hydrogen) atoms. The number of carbonyl (C=O) groups excluding carboxylic acids is 2. The van der Waals surface area contributed by atoms with Crippen molar-refractivity contribution < 1.29 is 18.0 Å². The van der Waals surface area contributed by atoms with Gasteiger partial charge >= 0.3 is 0 Å². The highest BCUT2D eigenvalue weighted by atomic mass is 32.2. The van der Waals surface area contributed by atoms with Gasteiger partial charge in [-0.2, -0.15) is 0 Å². The van der Waals surface area contributed by atoms with Crippen LogP contribution in [0.3, 0.4) is 0 Å². The van der Waals surface area contributed by atoms with Crippen molar-refractivity contribution in [1.29, 1.82) is 0 Å². The molecule has 162 valence electrons. The Kier molecular flexibility index (Phi) is 5.55. The summed E-state index contributed by atoms with van der Waals surface area (Å²) < 4.78 is 27.0. The largest absolute Gasteiger partial charge is 0.367 e. The number of aromatic nitrogens is 1. The minimum absolute atomic E-state index is 0.197. The van der Waals surface area contributed by atoms with E-state index in [0.717, 1.165) is 10.9 Å². The van der Waals surface area contributed by atoms with Crippen molar-refractivity contribution in [3.63, 3.8) is 0 Å². The Bertz CT molecular complexity index is 1260. The average molecular weight is 441 g/mol. The molecule has 3 aromatic rings. The number of aryl methyl sites for hydroxylation is 1. The Hall–Kier alpha value is -3.17. The third-order valence-electron chi connectivity index (χ3n) is 5.65. The van der Waals surface area contributed by atoms with Crippen LogP contribution in [0.1, 0.15) is 16.1 Å². The highest BCUT2D eigenvalue weighted by molar-refractivity contribution is 7.89. The molecule has 2 N–H and O–H groups in total. The molecule has 1 saturated heterocycles. The fourth-order valence-electron chi connectivity index (χ4n) is 4.03. The van der Waals surface area contributed by atoms with Crippen LogP contribution in [0.5, 0.6) is 0 Å². The number of anilines is 1. The lowest BCUT2D eigenvalue weighted by molar-refractivity contribution is -0.126. The van der Waals surface area contributed by atoms with Crippen LogP contribution in [-0.4, -0.2) is 63.2 Å². The van der Waals surface area contributed by atoms with E-state index in [9.17, 15) is 18.0 Å². The third kappa shape index (κ3) is 3.82. The summed E-state index contributed by atoms with van der Waals surface area (Å²) in [7, 11) is -2.23. The number of nitrogens with zero attached hydrogens (tertiary/aromatic N) is 2. The Labute approximate surface area is 180 Å². The topological polar surface area (TPSA) is 103 Å². The fourth-order valence-corrected chi connectivity index (χ4v) is 4.98. The number of carbonyl (C=O) groups is 2. The second-order valence-electron chi connectivity index (χ2n) is 7.45. The number of sulfonamides is 1. The SMILES string of the molecule is CNS(=O)(=O)c1ccccc1N1CCN(C(=O)C(=O)c2c(C)[nH]c3ccccc23)CC1. The average Bonchev–Trinajstić information content (AvgIpc) is 3.13. The van der Waals surface area contributed by atoms with Crippen molar-refractivity contribution in [1.82, 2.24) is 14.6 Å². The number of nitrogens with one attached hydrogen (secondary N) is 2. The molecule has 1 aliphatic rings. The number of amides is 1. The van der Waals surface area contributed by atoms with Crippen molar-refractivity contribution in [3.05, 3.63) is 59.8 Å². The molecule has 1 aliphatic heterocycles. The summed E-state index contributed by atoms with van der Waals surface area (Å²) in [5.41, 5.74) is 2.49. The summed E-state index contributed by atoms with van der Waals surface area (Å²) in [5.74, 6) is -1.06. The van der Waals surface area contributed by atoms with Gasteiger partial charge in [0.15, 0.2) is 0 Å². The summed E-state index contributed by atoms with van der Waals surface area (Å²) >= 11 is 0. The summed E-state index contributed by atoms with van der Waals surface area (Å²) in [6.45, 7) is 3.32. The first-order valence-corrected chi connectivity index (χ1v) is 11.5. The maximum absolute atomic E-state index is 13.0. The summed E-state index contributed by atoms with van der Waals surface area (Å²) in [6.07, 6.45) is 0. The Morgan fingerprint density at radius 2 is 1.61 bits per heavy atom. The Balaban J connectivity index is 1.51. The van der Waals surface area contributed by atoms with Gasteiger partial charge < -0.3 is 14.8 Å². The van der Waals surface area contributed by atoms with Gasteiger partial charge in [-0.05, 0) is 32.2 Å². The summed E-state index contributed by atoms with van der Waals surface area (Å²) in [5, 5.41) is 0.739. The quantitative estimate of drug-likeness (QED) is 0.466. The van der Waals surface area contributed by atoms with Crippen LogP contribution >= 0.6 is 0 Å². The van der Waals surface area contributed by atoms with Crippen LogP contribution < -0.4 is 9.62 Å². The molecule has 0 aliphatic carbocycles. The number of para-hydroxylation sites is 2. The molecule has 1 fully saturated rings. The summed E-state index contributed by atoms with van der Waals surface area (Å²) in [6, 6.07) is 14.2. The second-order valence-corrected chi connectivity index (χ2v) is 9.31.